The van der Waals surface area contributed by atoms with Crippen LogP contribution in [0, 0.1) is 0 Å². The lowest BCUT2D eigenvalue weighted by Crippen LogP contribution is -2.48. The number of rotatable bonds is 6. The molecule has 2 aliphatic rings. The molecule has 2 N–H and O–H groups in total. The monoisotopic (exact) mass is 514 g/mol. The number of hydroxylamine groups is 1. The zero-order valence-electron chi connectivity index (χ0n) is 20.1. The molecule has 2 heterocycles. The maximum Gasteiger partial charge on any atom is 0.324 e. The number of carbonyl (C=O) groups excluding carboxylic acids is 2. The van der Waals surface area contributed by atoms with Crippen molar-refractivity contribution in [2.75, 3.05) is 50.5 Å². The summed E-state index contributed by atoms with van der Waals surface area (Å²) in [6, 6.07) is 14.2. The number of morpholine rings is 1. The Morgan fingerprint density at radius 1 is 1.08 bits per heavy atom. The number of carbonyl (C=O) groups is 2. The van der Waals surface area contributed by atoms with Gasteiger partial charge >= 0.3 is 6.03 Å². The van der Waals surface area contributed by atoms with Crippen molar-refractivity contribution in [3.8, 4) is 0 Å². The van der Waals surface area contributed by atoms with Crippen LogP contribution >= 0.6 is 0 Å². The molecule has 2 aliphatic heterocycles. The van der Waals surface area contributed by atoms with E-state index in [2.05, 4.69) is 0 Å². The van der Waals surface area contributed by atoms with Crippen LogP contribution in [0.1, 0.15) is 27.9 Å². The van der Waals surface area contributed by atoms with E-state index in [0.717, 1.165) is 16.7 Å². The van der Waals surface area contributed by atoms with Crippen LogP contribution in [-0.4, -0.2) is 80.4 Å². The lowest BCUT2D eigenvalue weighted by molar-refractivity contribution is 0.0548. The van der Waals surface area contributed by atoms with Gasteiger partial charge in [0.1, 0.15) is 0 Å². The van der Waals surface area contributed by atoms with E-state index in [1.165, 1.54) is 10.6 Å². The van der Waals surface area contributed by atoms with E-state index in [4.69, 9.17) is 9.94 Å². The van der Waals surface area contributed by atoms with Gasteiger partial charge in [0, 0.05) is 37.4 Å². The number of amides is 3. The third-order valence-electron chi connectivity index (χ3n) is 6.34. The summed E-state index contributed by atoms with van der Waals surface area (Å²) < 4.78 is 30.5. The number of hydrogen-bond donors (Lipinski definition) is 2. The maximum absolute atomic E-state index is 13.6. The number of ether oxygens (including phenoxy) is 1. The van der Waals surface area contributed by atoms with E-state index in [0.29, 0.717) is 57.1 Å². The molecule has 11 heteroatoms. The molecule has 0 aliphatic carbocycles. The van der Waals surface area contributed by atoms with Gasteiger partial charge < -0.3 is 9.64 Å². The van der Waals surface area contributed by atoms with Crippen molar-refractivity contribution in [1.29, 1.82) is 0 Å². The van der Waals surface area contributed by atoms with Gasteiger partial charge in [0.25, 0.3) is 5.91 Å². The number of anilines is 1. The highest BCUT2D eigenvalue weighted by Gasteiger charge is 2.26. The highest BCUT2D eigenvalue weighted by molar-refractivity contribution is 7.88. The van der Waals surface area contributed by atoms with Gasteiger partial charge in [-0.2, -0.15) is 4.31 Å². The molecule has 0 saturated carbocycles. The third-order valence-corrected chi connectivity index (χ3v) is 7.61. The number of nitrogens with one attached hydrogen (secondary N) is 1. The molecular formula is C25H30N4O6S. The molecule has 1 saturated heterocycles. The molecule has 192 valence electrons. The summed E-state index contributed by atoms with van der Waals surface area (Å²) in [5, 5.41) is 8.85. The van der Waals surface area contributed by atoms with Crippen LogP contribution in [0.5, 0.6) is 0 Å². The van der Waals surface area contributed by atoms with Gasteiger partial charge in [-0.1, -0.05) is 30.3 Å². The molecule has 0 spiro atoms. The fourth-order valence-electron chi connectivity index (χ4n) is 4.29. The van der Waals surface area contributed by atoms with Crippen molar-refractivity contribution in [1.82, 2.24) is 14.7 Å². The molecule has 1 fully saturated rings. The first-order chi connectivity index (χ1) is 17.3. The Hall–Kier alpha value is -3.25. The third kappa shape index (κ3) is 6.11. The van der Waals surface area contributed by atoms with E-state index < -0.39 is 15.9 Å². The minimum Gasteiger partial charge on any atom is -0.378 e. The minimum atomic E-state index is -3.24. The van der Waals surface area contributed by atoms with Crippen LogP contribution in [-0.2, 0) is 21.3 Å². The maximum atomic E-state index is 13.6. The molecule has 2 aromatic rings. The van der Waals surface area contributed by atoms with Gasteiger partial charge in [-0.15, -0.1) is 0 Å². The van der Waals surface area contributed by atoms with Crippen LogP contribution in [0.3, 0.4) is 0 Å². The second-order valence-corrected chi connectivity index (χ2v) is 10.7. The van der Waals surface area contributed by atoms with Crippen LogP contribution in [0.4, 0.5) is 10.5 Å². The molecule has 0 bridgehead atoms. The summed E-state index contributed by atoms with van der Waals surface area (Å²) in [7, 11) is -3.24. The quantitative estimate of drug-likeness (QED) is 0.451. The van der Waals surface area contributed by atoms with Crippen LogP contribution < -0.4 is 10.4 Å². The molecular weight excluding hydrogens is 484 g/mol. The normalized spacial score (nSPS) is 16.8. The summed E-state index contributed by atoms with van der Waals surface area (Å²) in [5.74, 6) is -0.606. The van der Waals surface area contributed by atoms with E-state index in [9.17, 15) is 18.0 Å². The molecule has 4 rings (SSSR count). The Kier molecular flexibility index (Phi) is 8.04. The first kappa shape index (κ1) is 25.8. The second-order valence-electron chi connectivity index (χ2n) is 8.76. The van der Waals surface area contributed by atoms with Crippen molar-refractivity contribution in [2.45, 2.75) is 13.0 Å². The van der Waals surface area contributed by atoms with E-state index >= 15 is 0 Å². The second kappa shape index (κ2) is 11.2. The highest BCUT2D eigenvalue weighted by atomic mass is 32.2. The molecule has 2 aromatic carbocycles. The van der Waals surface area contributed by atoms with Crippen LogP contribution in [0.15, 0.2) is 54.6 Å². The Bertz CT molecular complexity index is 1240. The summed E-state index contributed by atoms with van der Waals surface area (Å²) in [4.78, 5) is 28.7. The number of sulfonamides is 1. The number of hydrogen-bond acceptors (Lipinski definition) is 6. The standard InChI is InChI=1S/C25H30N4O6S/c1-36(33,34)28-11-9-20(10-12-28)22-3-2-4-23(17-22)29(25(31)27-13-15-35-16-14-27)18-19-5-7-21(8-6-19)24(30)26-32/h2-9,17,32H,10-16,18H2,1H3,(H,26,30). The molecule has 0 aromatic heterocycles. The number of urea groups is 1. The molecule has 3 amide bonds. The van der Waals surface area contributed by atoms with Gasteiger partial charge in [0.2, 0.25) is 10.0 Å². The highest BCUT2D eigenvalue weighted by Crippen LogP contribution is 2.28. The largest absolute Gasteiger partial charge is 0.378 e. The summed E-state index contributed by atoms with van der Waals surface area (Å²) in [6.07, 6.45) is 3.72. The van der Waals surface area contributed by atoms with Crippen molar-refractivity contribution >= 4 is 33.2 Å². The Balaban J connectivity index is 1.61. The van der Waals surface area contributed by atoms with Gasteiger partial charge in [-0.25, -0.2) is 18.7 Å². The first-order valence-corrected chi connectivity index (χ1v) is 13.5. The van der Waals surface area contributed by atoms with Gasteiger partial charge in [0.05, 0.1) is 26.0 Å². The van der Waals surface area contributed by atoms with Gasteiger partial charge in [-0.05, 0) is 47.4 Å². The predicted octanol–water partition coefficient (Wildman–Crippen LogP) is 2.31. The predicted molar refractivity (Wildman–Crippen MR) is 135 cm³/mol. The Labute approximate surface area is 210 Å². The van der Waals surface area contributed by atoms with Gasteiger partial charge in [0.15, 0.2) is 0 Å². The zero-order chi connectivity index (χ0) is 25.7. The SMILES string of the molecule is CS(=O)(=O)N1CC=C(c2cccc(N(Cc3ccc(C(=O)NO)cc3)C(=O)N3CCOCC3)c2)CC1. The van der Waals surface area contributed by atoms with E-state index in [-0.39, 0.29) is 12.6 Å². The Morgan fingerprint density at radius 3 is 2.42 bits per heavy atom. The smallest absolute Gasteiger partial charge is 0.324 e. The summed E-state index contributed by atoms with van der Waals surface area (Å²) in [5.41, 5.74) is 5.43. The molecule has 36 heavy (non-hydrogen) atoms. The molecule has 0 unspecified atom stereocenters. The van der Waals surface area contributed by atoms with E-state index in [1.54, 1.807) is 39.5 Å². The van der Waals surface area contributed by atoms with Crippen LogP contribution in [0.2, 0.25) is 0 Å². The average molecular weight is 515 g/mol. The fraction of sp³-hybridized carbons (Fsp3) is 0.360. The van der Waals surface area contributed by atoms with Crippen molar-refractivity contribution in [3.05, 3.63) is 71.3 Å². The Morgan fingerprint density at radius 2 is 1.81 bits per heavy atom. The fourth-order valence-corrected chi connectivity index (χ4v) is 5.06. The minimum absolute atomic E-state index is 0.145. The summed E-state index contributed by atoms with van der Waals surface area (Å²) >= 11 is 0. The molecule has 0 radical (unpaired) electrons. The zero-order valence-corrected chi connectivity index (χ0v) is 20.9. The van der Waals surface area contributed by atoms with Crippen molar-refractivity contribution in [3.63, 3.8) is 0 Å². The average Bonchev–Trinajstić information content (AvgIpc) is 2.91. The topological polar surface area (TPSA) is 119 Å². The number of benzene rings is 2. The van der Waals surface area contributed by atoms with E-state index in [1.807, 2.05) is 30.3 Å². The molecule has 10 nitrogen and oxygen atoms in total. The van der Waals surface area contributed by atoms with Gasteiger partial charge in [-0.3, -0.25) is 14.9 Å². The van der Waals surface area contributed by atoms with Crippen LogP contribution in [0.25, 0.3) is 5.57 Å². The van der Waals surface area contributed by atoms with Crippen molar-refractivity contribution in [2.24, 2.45) is 0 Å². The lowest BCUT2D eigenvalue weighted by atomic mass is 9.99. The molecule has 0 atom stereocenters. The first-order valence-electron chi connectivity index (χ1n) is 11.7. The lowest BCUT2D eigenvalue weighted by Gasteiger charge is -2.33. The summed E-state index contributed by atoms with van der Waals surface area (Å²) in [6.45, 7) is 2.97. The number of nitrogens with zero attached hydrogens (tertiary/aromatic N) is 3. The van der Waals surface area contributed by atoms with Crippen molar-refractivity contribution < 1.29 is 28.0 Å².